The van der Waals surface area contributed by atoms with Crippen molar-refractivity contribution in [1.29, 1.82) is 0 Å². The van der Waals surface area contributed by atoms with E-state index in [4.69, 9.17) is 10.8 Å². The van der Waals surface area contributed by atoms with E-state index in [2.05, 4.69) is 0 Å². The van der Waals surface area contributed by atoms with Gasteiger partial charge < -0.3 is 15.4 Å². The Morgan fingerprint density at radius 2 is 2.00 bits per heavy atom. The standard InChI is InChI=1S/C12H19N3O5S/c1-4-14-6-9(5-10(14)12(17)18)21(19,20)15(8(2)3)7-11(13)16/h5-6,8H,4,7H2,1-3H3,(H2,13,16)(H,17,18). The lowest BCUT2D eigenvalue weighted by molar-refractivity contribution is -0.118. The Balaban J connectivity index is 3.34. The summed E-state index contributed by atoms with van der Waals surface area (Å²) in [5.41, 5.74) is 4.94. The minimum absolute atomic E-state index is 0.126. The SMILES string of the molecule is CCn1cc(S(=O)(=O)N(CC(N)=O)C(C)C)cc1C(=O)O. The van der Waals surface area contributed by atoms with Crippen LogP contribution in [0.3, 0.4) is 0 Å². The van der Waals surface area contributed by atoms with Crippen LogP contribution in [0.5, 0.6) is 0 Å². The minimum Gasteiger partial charge on any atom is -0.477 e. The number of hydrogen-bond donors (Lipinski definition) is 2. The summed E-state index contributed by atoms with van der Waals surface area (Å²) in [6, 6.07) is 0.595. The molecule has 0 atom stereocenters. The number of nitrogens with two attached hydrogens (primary N) is 1. The maximum atomic E-state index is 12.5. The predicted molar refractivity (Wildman–Crippen MR) is 75.3 cm³/mol. The number of aromatic nitrogens is 1. The highest BCUT2D eigenvalue weighted by molar-refractivity contribution is 7.89. The Labute approximate surface area is 123 Å². The van der Waals surface area contributed by atoms with Gasteiger partial charge in [0.2, 0.25) is 15.9 Å². The van der Waals surface area contributed by atoms with Gasteiger partial charge >= 0.3 is 5.97 Å². The summed E-state index contributed by atoms with van der Waals surface area (Å²) >= 11 is 0. The first-order chi connectivity index (χ1) is 9.61. The molecule has 0 unspecified atom stereocenters. The van der Waals surface area contributed by atoms with Crippen molar-refractivity contribution in [3.05, 3.63) is 18.0 Å². The summed E-state index contributed by atoms with van der Waals surface area (Å²) in [5.74, 6) is -2.00. The maximum absolute atomic E-state index is 12.5. The molecule has 1 heterocycles. The molecule has 1 aromatic rings. The van der Waals surface area contributed by atoms with Gasteiger partial charge in [0.15, 0.2) is 0 Å². The quantitative estimate of drug-likeness (QED) is 0.738. The molecule has 0 saturated carbocycles. The van der Waals surface area contributed by atoms with Gasteiger partial charge in [0.1, 0.15) is 10.6 Å². The monoisotopic (exact) mass is 317 g/mol. The molecule has 0 aliphatic rings. The van der Waals surface area contributed by atoms with Gasteiger partial charge in [-0.25, -0.2) is 13.2 Å². The number of primary amides is 1. The van der Waals surface area contributed by atoms with Gasteiger partial charge in [-0.2, -0.15) is 4.31 Å². The number of carboxylic acids is 1. The summed E-state index contributed by atoms with van der Waals surface area (Å²) in [5, 5.41) is 9.07. The van der Waals surface area contributed by atoms with Crippen LogP contribution in [0.15, 0.2) is 17.2 Å². The number of amides is 1. The number of rotatable bonds is 7. The second-order valence-corrected chi connectivity index (χ2v) is 6.65. The van der Waals surface area contributed by atoms with Crippen molar-refractivity contribution in [2.75, 3.05) is 6.54 Å². The van der Waals surface area contributed by atoms with Gasteiger partial charge in [0.05, 0.1) is 6.54 Å². The Bertz CT molecular complexity index is 648. The number of nitrogens with zero attached hydrogens (tertiary/aromatic N) is 2. The number of carbonyl (C=O) groups excluding carboxylic acids is 1. The van der Waals surface area contributed by atoms with Gasteiger partial charge in [-0.15, -0.1) is 0 Å². The maximum Gasteiger partial charge on any atom is 0.352 e. The smallest absolute Gasteiger partial charge is 0.352 e. The van der Waals surface area contributed by atoms with Crippen molar-refractivity contribution >= 4 is 21.9 Å². The molecule has 3 N–H and O–H groups in total. The molecule has 0 fully saturated rings. The molecule has 1 rings (SSSR count). The zero-order chi connectivity index (χ0) is 16.4. The number of carboxylic acid groups (broad SMARTS) is 1. The average molecular weight is 317 g/mol. The molecule has 1 amide bonds. The zero-order valence-corrected chi connectivity index (χ0v) is 12.9. The molecule has 0 bridgehead atoms. The lowest BCUT2D eigenvalue weighted by atomic mass is 10.4. The lowest BCUT2D eigenvalue weighted by Crippen LogP contribution is -2.42. The number of aryl methyl sites for hydroxylation is 1. The largest absolute Gasteiger partial charge is 0.477 e. The second-order valence-electron chi connectivity index (χ2n) is 4.76. The van der Waals surface area contributed by atoms with Crippen molar-refractivity contribution < 1.29 is 23.1 Å². The number of sulfonamides is 1. The molecule has 9 heteroatoms. The molecular weight excluding hydrogens is 298 g/mol. The molecule has 8 nitrogen and oxygen atoms in total. The molecule has 0 saturated heterocycles. The van der Waals surface area contributed by atoms with Crippen LogP contribution in [0.25, 0.3) is 0 Å². The van der Waals surface area contributed by atoms with Gasteiger partial charge in [0, 0.05) is 18.8 Å². The van der Waals surface area contributed by atoms with Crippen LogP contribution in [-0.4, -0.2) is 46.9 Å². The highest BCUT2D eigenvalue weighted by atomic mass is 32.2. The molecule has 0 spiro atoms. The average Bonchev–Trinajstić information content (AvgIpc) is 2.80. The fourth-order valence-corrected chi connectivity index (χ4v) is 3.54. The fraction of sp³-hybridized carbons (Fsp3) is 0.500. The number of aromatic carboxylic acids is 1. The Kier molecular flexibility index (Phi) is 5.13. The van der Waals surface area contributed by atoms with Crippen LogP contribution in [0.2, 0.25) is 0 Å². The van der Waals surface area contributed by atoms with Crippen molar-refractivity contribution in [1.82, 2.24) is 8.87 Å². The predicted octanol–water partition coefficient (Wildman–Crippen LogP) is 0.0906. The minimum atomic E-state index is -3.99. The molecule has 21 heavy (non-hydrogen) atoms. The van der Waals surface area contributed by atoms with Gasteiger partial charge in [-0.05, 0) is 26.8 Å². The fourth-order valence-electron chi connectivity index (χ4n) is 1.90. The Morgan fingerprint density at radius 3 is 2.33 bits per heavy atom. The summed E-state index contributed by atoms with van der Waals surface area (Å²) in [4.78, 5) is 22.0. The van der Waals surface area contributed by atoms with Gasteiger partial charge in [0.25, 0.3) is 0 Å². The van der Waals surface area contributed by atoms with E-state index in [0.717, 1.165) is 10.4 Å². The first-order valence-electron chi connectivity index (χ1n) is 6.34. The summed E-state index contributed by atoms with van der Waals surface area (Å²) in [6.07, 6.45) is 1.25. The number of carbonyl (C=O) groups is 2. The van der Waals surface area contributed by atoms with Crippen molar-refractivity contribution in [3.63, 3.8) is 0 Å². The van der Waals surface area contributed by atoms with Crippen molar-refractivity contribution in [2.24, 2.45) is 5.73 Å². The van der Waals surface area contributed by atoms with Crippen molar-refractivity contribution in [3.8, 4) is 0 Å². The molecule has 0 aliphatic carbocycles. The molecule has 1 aromatic heterocycles. The Morgan fingerprint density at radius 1 is 1.43 bits per heavy atom. The lowest BCUT2D eigenvalue weighted by Gasteiger charge is -2.23. The highest BCUT2D eigenvalue weighted by Gasteiger charge is 2.30. The highest BCUT2D eigenvalue weighted by Crippen LogP contribution is 2.21. The van der Waals surface area contributed by atoms with E-state index < -0.39 is 34.5 Å². The van der Waals surface area contributed by atoms with E-state index in [1.54, 1.807) is 20.8 Å². The second kappa shape index (κ2) is 6.27. The number of hydrogen-bond acceptors (Lipinski definition) is 4. The van der Waals surface area contributed by atoms with Crippen LogP contribution >= 0.6 is 0 Å². The third-order valence-corrected chi connectivity index (χ3v) is 4.91. The first-order valence-corrected chi connectivity index (χ1v) is 7.78. The van der Waals surface area contributed by atoms with Crippen LogP contribution < -0.4 is 5.73 Å². The van der Waals surface area contributed by atoms with Gasteiger partial charge in [-0.3, -0.25) is 4.79 Å². The van der Waals surface area contributed by atoms with E-state index >= 15 is 0 Å². The van der Waals surface area contributed by atoms with Crippen LogP contribution in [-0.2, 0) is 21.4 Å². The van der Waals surface area contributed by atoms with Crippen LogP contribution in [0.4, 0.5) is 0 Å². The normalized spacial score (nSPS) is 12.0. The topological polar surface area (TPSA) is 123 Å². The molecular formula is C12H19N3O5S. The van der Waals surface area contributed by atoms with E-state index in [0.29, 0.717) is 6.54 Å². The zero-order valence-electron chi connectivity index (χ0n) is 12.1. The van der Waals surface area contributed by atoms with E-state index in [-0.39, 0.29) is 10.6 Å². The summed E-state index contributed by atoms with van der Waals surface area (Å²) in [6.45, 7) is 4.77. The van der Waals surface area contributed by atoms with E-state index in [1.165, 1.54) is 10.8 Å². The van der Waals surface area contributed by atoms with Crippen molar-refractivity contribution in [2.45, 2.75) is 38.3 Å². The first kappa shape index (κ1) is 17.2. The summed E-state index contributed by atoms with van der Waals surface area (Å²) in [7, 11) is -3.99. The van der Waals surface area contributed by atoms with E-state index in [9.17, 15) is 18.0 Å². The van der Waals surface area contributed by atoms with Gasteiger partial charge in [-0.1, -0.05) is 0 Å². The Hall–Kier alpha value is -1.87. The molecule has 0 aromatic carbocycles. The third-order valence-electron chi connectivity index (χ3n) is 2.93. The molecule has 0 radical (unpaired) electrons. The van der Waals surface area contributed by atoms with E-state index in [1.807, 2.05) is 0 Å². The van der Waals surface area contributed by atoms with Crippen LogP contribution in [0, 0.1) is 0 Å². The molecule has 0 aliphatic heterocycles. The summed E-state index contributed by atoms with van der Waals surface area (Å²) < 4.78 is 27.3. The van der Waals surface area contributed by atoms with Crippen LogP contribution in [0.1, 0.15) is 31.3 Å². The third kappa shape index (κ3) is 3.61. The molecule has 118 valence electrons.